The number of nitrogens with two attached hydrogens (primary N) is 1. The van der Waals surface area contributed by atoms with Crippen LogP contribution in [0.15, 0.2) is 59.4 Å². The second-order valence-electron chi connectivity index (χ2n) is 9.23. The van der Waals surface area contributed by atoms with Gasteiger partial charge in [0, 0.05) is 40.4 Å². The van der Waals surface area contributed by atoms with Gasteiger partial charge in [0.1, 0.15) is 6.61 Å². The first kappa shape index (κ1) is 29.2. The van der Waals surface area contributed by atoms with Crippen LogP contribution in [0.25, 0.3) is 22.3 Å². The molecule has 2 aliphatic heterocycles. The highest BCUT2D eigenvalue weighted by molar-refractivity contribution is 6.02. The van der Waals surface area contributed by atoms with Gasteiger partial charge in [0.25, 0.3) is 11.5 Å². The van der Waals surface area contributed by atoms with Gasteiger partial charge in [-0.2, -0.15) is 0 Å². The molecule has 10 heteroatoms. The van der Waals surface area contributed by atoms with Gasteiger partial charge in [-0.25, -0.2) is 4.98 Å². The van der Waals surface area contributed by atoms with Crippen molar-refractivity contribution in [1.82, 2.24) is 14.9 Å². The van der Waals surface area contributed by atoms with E-state index in [0.29, 0.717) is 46.9 Å². The highest BCUT2D eigenvalue weighted by Gasteiger charge is 2.36. The number of ether oxygens (including phenoxy) is 1. The van der Waals surface area contributed by atoms with Gasteiger partial charge in [-0.3, -0.25) is 14.4 Å². The molecule has 4 aromatic rings. The van der Waals surface area contributed by atoms with Crippen LogP contribution in [0.2, 0.25) is 0 Å². The predicted molar refractivity (Wildman–Crippen MR) is 158 cm³/mol. The molecule has 0 fully saturated rings. The van der Waals surface area contributed by atoms with E-state index in [1.165, 1.54) is 6.21 Å². The van der Waals surface area contributed by atoms with Crippen LogP contribution in [0.3, 0.4) is 0 Å². The van der Waals surface area contributed by atoms with Crippen molar-refractivity contribution >= 4 is 34.7 Å². The first-order chi connectivity index (χ1) is 19.9. The minimum absolute atomic E-state index is 0.0292. The summed E-state index contributed by atoms with van der Waals surface area (Å²) in [7, 11) is 0. The lowest BCUT2D eigenvalue weighted by molar-refractivity contribution is -0.147. The molecule has 212 valence electrons. The number of carbonyl (C=O) groups is 2. The van der Waals surface area contributed by atoms with Crippen LogP contribution in [0.4, 0.5) is 5.69 Å². The summed E-state index contributed by atoms with van der Waals surface area (Å²) in [4.78, 5) is 41.0. The molecule has 41 heavy (non-hydrogen) atoms. The summed E-state index contributed by atoms with van der Waals surface area (Å²) in [6.45, 7) is 6.20. The minimum Gasteiger partial charge on any atom is -0.460 e. The molecule has 0 saturated carbocycles. The largest absolute Gasteiger partial charge is 0.460 e. The number of nitrogens with zero attached hydrogens (tertiary/aromatic N) is 2. The normalized spacial score (nSPS) is 14.2. The lowest BCUT2D eigenvalue weighted by atomic mass is 9.91. The molecule has 0 aliphatic carbocycles. The fourth-order valence-corrected chi connectivity index (χ4v) is 5.06. The molecule has 0 spiro atoms. The van der Waals surface area contributed by atoms with E-state index in [1.807, 2.05) is 44.2 Å². The van der Waals surface area contributed by atoms with E-state index in [9.17, 15) is 14.4 Å². The smallest absolute Gasteiger partial charge is 0.313 e. The van der Waals surface area contributed by atoms with E-state index in [-0.39, 0.29) is 30.6 Å². The molecule has 2 aliphatic rings. The number of pyridine rings is 2. The summed E-state index contributed by atoms with van der Waals surface area (Å²) in [6.07, 6.45) is 1.30. The fourth-order valence-electron chi connectivity index (χ4n) is 5.06. The maximum absolute atomic E-state index is 13.1. The van der Waals surface area contributed by atoms with Gasteiger partial charge in [0.05, 0.1) is 47.2 Å². The Morgan fingerprint density at radius 1 is 1.15 bits per heavy atom. The molecular formula is C31H33N5O5. The number of amides is 1. The van der Waals surface area contributed by atoms with Crippen molar-refractivity contribution < 1.29 is 19.4 Å². The quantitative estimate of drug-likeness (QED) is 0.195. The van der Waals surface area contributed by atoms with Gasteiger partial charge >= 0.3 is 5.97 Å². The van der Waals surface area contributed by atoms with Crippen LogP contribution in [-0.4, -0.2) is 45.9 Å². The number of nitrogen functional groups attached to an aromatic ring is 1. The summed E-state index contributed by atoms with van der Waals surface area (Å²) in [5, 5.41) is 19.8. The number of hydrogen-bond donors (Lipinski definition) is 4. The van der Waals surface area contributed by atoms with Gasteiger partial charge in [0.2, 0.25) is 0 Å². The fraction of sp³-hybridized carbons (Fsp3) is 0.258. The highest BCUT2D eigenvalue weighted by atomic mass is 16.5. The molecule has 2 aromatic carbocycles. The van der Waals surface area contributed by atoms with E-state index < -0.39 is 5.92 Å². The Morgan fingerprint density at radius 2 is 1.83 bits per heavy atom. The summed E-state index contributed by atoms with van der Waals surface area (Å²) in [5.74, 6) is -1.13. The van der Waals surface area contributed by atoms with Crippen LogP contribution in [0, 0.1) is 5.41 Å². The summed E-state index contributed by atoms with van der Waals surface area (Å²) >= 11 is 0. The summed E-state index contributed by atoms with van der Waals surface area (Å²) in [5.41, 5.74) is 11.6. The minimum atomic E-state index is -0.598. The number of esters is 1. The number of cyclic esters (lactones) is 1. The van der Waals surface area contributed by atoms with Crippen LogP contribution in [0.5, 0.6) is 0 Å². The van der Waals surface area contributed by atoms with Crippen molar-refractivity contribution in [3.8, 4) is 11.4 Å². The number of para-hydroxylation sites is 1. The van der Waals surface area contributed by atoms with E-state index in [1.54, 1.807) is 35.8 Å². The number of aliphatic hydroxyl groups excluding tert-OH is 1. The van der Waals surface area contributed by atoms with Crippen molar-refractivity contribution in [1.29, 1.82) is 5.41 Å². The Balaban J connectivity index is 0.000000234. The lowest BCUT2D eigenvalue weighted by Crippen LogP contribution is -2.33. The number of hydrogen-bond acceptors (Lipinski definition) is 8. The first-order valence-electron chi connectivity index (χ1n) is 13.5. The molecule has 1 unspecified atom stereocenters. The Hall–Kier alpha value is -4.83. The van der Waals surface area contributed by atoms with Crippen LogP contribution in [0.1, 0.15) is 59.3 Å². The monoisotopic (exact) mass is 555 g/mol. The van der Waals surface area contributed by atoms with Crippen LogP contribution < -0.4 is 16.6 Å². The molecule has 6 rings (SSSR count). The second-order valence-corrected chi connectivity index (χ2v) is 9.23. The Bertz CT molecular complexity index is 1680. The Morgan fingerprint density at radius 3 is 2.51 bits per heavy atom. The number of carbonyl (C=O) groups excluding carboxylic acids is 2. The molecule has 5 N–H and O–H groups in total. The molecule has 0 saturated heterocycles. The molecule has 1 atom stereocenters. The Labute approximate surface area is 237 Å². The highest BCUT2D eigenvalue weighted by Crippen LogP contribution is 2.42. The van der Waals surface area contributed by atoms with Crippen LogP contribution in [-0.2, 0) is 22.7 Å². The maximum Gasteiger partial charge on any atom is 0.313 e. The SMILES string of the molecule is CC.CC1C(=O)OCc2c1c(N)c1n(c2=O)Cc2c-1nc1ccccc1c2C=N.O=C(NCCO)c1ccccc1. The standard InChI is InChI=1S/C20H16N4O3.C9H11NO2.C2H6/c1-9-15-13(8-27-20(9)26)19(25)24-7-12-11(6-21)10-4-2-3-5-14(10)23-17(12)18(24)16(15)22;11-7-6-10-9(12)8-4-2-1-3-5-8;1-2/h2-6,9,21H,7-8,22H2,1H3;1-5,11H,6-7H2,(H,10,12);1-2H3. The second kappa shape index (κ2) is 12.6. The van der Waals surface area contributed by atoms with E-state index >= 15 is 0 Å². The van der Waals surface area contributed by atoms with Crippen molar-refractivity contribution in [2.75, 3.05) is 18.9 Å². The predicted octanol–water partition coefficient (Wildman–Crippen LogP) is 3.60. The van der Waals surface area contributed by atoms with Gasteiger partial charge in [-0.05, 0) is 25.1 Å². The third-order valence-corrected chi connectivity index (χ3v) is 6.94. The van der Waals surface area contributed by atoms with Gasteiger partial charge in [-0.1, -0.05) is 50.2 Å². The topological polar surface area (TPSA) is 160 Å². The van der Waals surface area contributed by atoms with Crippen molar-refractivity contribution in [2.45, 2.75) is 39.8 Å². The zero-order chi connectivity index (χ0) is 29.7. The molecule has 4 heterocycles. The van der Waals surface area contributed by atoms with Crippen molar-refractivity contribution in [3.63, 3.8) is 0 Å². The zero-order valence-electron chi connectivity index (χ0n) is 23.2. The summed E-state index contributed by atoms with van der Waals surface area (Å²) in [6, 6.07) is 16.5. The Kier molecular flexibility index (Phi) is 8.94. The average molecular weight is 556 g/mol. The number of nitrogens with one attached hydrogen (secondary N) is 2. The van der Waals surface area contributed by atoms with Gasteiger partial charge in [-0.15, -0.1) is 0 Å². The number of rotatable bonds is 4. The molecule has 1 amide bonds. The lowest BCUT2D eigenvalue weighted by Gasteiger charge is -2.24. The number of benzene rings is 2. The first-order valence-corrected chi connectivity index (χ1v) is 13.5. The number of anilines is 1. The van der Waals surface area contributed by atoms with Gasteiger partial charge in [0.15, 0.2) is 0 Å². The third kappa shape index (κ3) is 5.33. The average Bonchev–Trinajstić information content (AvgIpc) is 3.40. The summed E-state index contributed by atoms with van der Waals surface area (Å²) < 4.78 is 6.72. The van der Waals surface area contributed by atoms with E-state index in [0.717, 1.165) is 22.0 Å². The maximum atomic E-state index is 13.1. The van der Waals surface area contributed by atoms with Crippen molar-refractivity contribution in [3.05, 3.63) is 92.8 Å². The van der Waals surface area contributed by atoms with E-state index in [2.05, 4.69) is 5.32 Å². The number of fused-ring (bicyclic) bond motifs is 5. The van der Waals surface area contributed by atoms with Crippen LogP contribution >= 0.6 is 0 Å². The zero-order valence-corrected chi connectivity index (χ0v) is 23.2. The molecule has 0 radical (unpaired) electrons. The van der Waals surface area contributed by atoms with E-state index in [4.69, 9.17) is 26.0 Å². The molecule has 10 nitrogen and oxygen atoms in total. The molecule has 0 bridgehead atoms. The third-order valence-electron chi connectivity index (χ3n) is 6.94. The number of aliphatic hydroxyl groups is 1. The van der Waals surface area contributed by atoms with Gasteiger partial charge < -0.3 is 30.9 Å². The molecule has 2 aromatic heterocycles. The van der Waals surface area contributed by atoms with Crippen molar-refractivity contribution in [2.24, 2.45) is 0 Å². The molecular weight excluding hydrogens is 522 g/mol. The number of aromatic nitrogens is 2.